The van der Waals surface area contributed by atoms with Gasteiger partial charge in [-0.3, -0.25) is 18.7 Å². The minimum atomic E-state index is -0.373. The van der Waals surface area contributed by atoms with Crippen LogP contribution in [-0.2, 0) is 18.4 Å². The van der Waals surface area contributed by atoms with E-state index in [-0.39, 0.29) is 29.0 Å². The summed E-state index contributed by atoms with van der Waals surface area (Å²) in [6.07, 6.45) is 6.19. The van der Waals surface area contributed by atoms with Crippen molar-refractivity contribution < 1.29 is 4.79 Å². The molecule has 1 saturated heterocycles. The van der Waals surface area contributed by atoms with Crippen LogP contribution in [0.4, 0.5) is 0 Å². The molecule has 2 aromatic heterocycles. The molecule has 1 aromatic carbocycles. The zero-order chi connectivity index (χ0) is 22.9. The first-order valence-electron chi connectivity index (χ1n) is 12.0. The van der Waals surface area contributed by atoms with Crippen molar-refractivity contribution in [3.8, 4) is 0 Å². The Bertz CT molecular complexity index is 1290. The van der Waals surface area contributed by atoms with E-state index >= 15 is 0 Å². The first-order chi connectivity index (χ1) is 16.0. The number of amides is 1. The van der Waals surface area contributed by atoms with E-state index in [1.54, 1.807) is 10.6 Å². The quantitative estimate of drug-likeness (QED) is 0.617. The van der Waals surface area contributed by atoms with E-state index in [0.717, 1.165) is 60.9 Å². The third-order valence-corrected chi connectivity index (χ3v) is 7.24. The number of benzene rings is 1. The molecule has 2 fully saturated rings. The highest BCUT2D eigenvalue weighted by atomic mass is 16.2. The van der Waals surface area contributed by atoms with Crippen LogP contribution >= 0.6 is 0 Å². The number of carbonyl (C=O) groups excluding carboxylic acids is 1. The van der Waals surface area contributed by atoms with Gasteiger partial charge in [-0.2, -0.15) is 0 Å². The summed E-state index contributed by atoms with van der Waals surface area (Å²) in [5.74, 6) is 0.568. The summed E-state index contributed by atoms with van der Waals surface area (Å²) in [5, 5.41) is 0.437. The summed E-state index contributed by atoms with van der Waals surface area (Å²) in [6.45, 7) is 1.80. The van der Waals surface area contributed by atoms with Gasteiger partial charge in [0.15, 0.2) is 0 Å². The van der Waals surface area contributed by atoms with Crippen molar-refractivity contribution in [3.05, 3.63) is 74.6 Å². The van der Waals surface area contributed by atoms with Crippen molar-refractivity contribution in [1.29, 1.82) is 0 Å². The van der Waals surface area contributed by atoms with E-state index in [2.05, 4.69) is 0 Å². The van der Waals surface area contributed by atoms with Crippen LogP contribution in [0.3, 0.4) is 0 Å². The van der Waals surface area contributed by atoms with Gasteiger partial charge >= 0.3 is 5.69 Å². The molecule has 0 radical (unpaired) electrons. The lowest BCUT2D eigenvalue weighted by atomic mass is 9.93. The highest BCUT2D eigenvalue weighted by Gasteiger charge is 2.31. The Morgan fingerprint density at radius 2 is 1.76 bits per heavy atom. The van der Waals surface area contributed by atoms with Crippen LogP contribution in [0.2, 0.25) is 0 Å². The molecule has 1 aliphatic carbocycles. The number of rotatable bonds is 4. The average Bonchev–Trinajstić information content (AvgIpc) is 3.40. The largest absolute Gasteiger partial charge is 0.342 e. The van der Waals surface area contributed by atoms with Crippen molar-refractivity contribution in [1.82, 2.24) is 19.0 Å². The number of nitrogens with zero attached hydrogens (tertiary/aromatic N) is 4. The molecule has 0 N–H and O–H groups in total. The van der Waals surface area contributed by atoms with E-state index in [1.807, 2.05) is 41.3 Å². The van der Waals surface area contributed by atoms with Gasteiger partial charge in [-0.1, -0.05) is 43.2 Å². The first-order valence-corrected chi connectivity index (χ1v) is 12.0. The molecular formula is C26H30N4O3. The molecule has 7 nitrogen and oxygen atoms in total. The second-order valence-corrected chi connectivity index (χ2v) is 9.43. The minimum absolute atomic E-state index is 0.109. The SMILES string of the molecule is Cn1c(=O)c2ccc([C@H]3CCCN(C(=O)C4CCCC4)C3)nc2n(Cc2ccccc2)c1=O. The lowest BCUT2D eigenvalue weighted by Crippen LogP contribution is -2.42. The molecule has 3 heterocycles. The molecule has 0 spiro atoms. The standard InChI is InChI=1S/C26H30N4O3/c1-28-25(32)21-13-14-22(20-12-7-15-29(17-20)24(31)19-10-5-6-11-19)27-23(21)30(26(28)33)16-18-8-3-2-4-9-18/h2-4,8-9,13-14,19-20H,5-7,10-12,15-17H2,1H3/t20-/m0/s1. The third-order valence-electron chi connectivity index (χ3n) is 7.24. The smallest absolute Gasteiger partial charge is 0.332 e. The summed E-state index contributed by atoms with van der Waals surface area (Å²) in [4.78, 5) is 45.7. The normalized spacial score (nSPS) is 19.3. The molecule has 172 valence electrons. The van der Waals surface area contributed by atoms with Gasteiger partial charge in [0.2, 0.25) is 5.91 Å². The third kappa shape index (κ3) is 4.12. The summed E-state index contributed by atoms with van der Waals surface area (Å²) < 4.78 is 2.73. The Morgan fingerprint density at radius 3 is 2.52 bits per heavy atom. The predicted octanol–water partition coefficient (Wildman–Crippen LogP) is 3.04. The van der Waals surface area contributed by atoms with Crippen LogP contribution in [0.5, 0.6) is 0 Å². The Hall–Kier alpha value is -3.22. The van der Waals surface area contributed by atoms with Crippen molar-refractivity contribution in [2.24, 2.45) is 13.0 Å². The van der Waals surface area contributed by atoms with Gasteiger partial charge < -0.3 is 4.90 Å². The maximum absolute atomic E-state index is 13.0. The summed E-state index contributed by atoms with van der Waals surface area (Å²) in [6, 6.07) is 13.4. The number of hydrogen-bond donors (Lipinski definition) is 0. The van der Waals surface area contributed by atoms with Gasteiger partial charge in [0.1, 0.15) is 5.65 Å². The highest BCUT2D eigenvalue weighted by Crippen LogP contribution is 2.31. The fourth-order valence-electron chi connectivity index (χ4n) is 5.36. The molecule has 1 amide bonds. The van der Waals surface area contributed by atoms with Gasteiger partial charge in [-0.15, -0.1) is 0 Å². The predicted molar refractivity (Wildman–Crippen MR) is 127 cm³/mol. The van der Waals surface area contributed by atoms with E-state index in [1.165, 1.54) is 7.05 Å². The van der Waals surface area contributed by atoms with Crippen molar-refractivity contribution in [3.63, 3.8) is 0 Å². The zero-order valence-corrected chi connectivity index (χ0v) is 19.1. The first kappa shape index (κ1) is 21.6. The lowest BCUT2D eigenvalue weighted by Gasteiger charge is -2.34. The fraction of sp³-hybridized carbons (Fsp3) is 0.462. The molecule has 2 aliphatic rings. The van der Waals surface area contributed by atoms with Gasteiger partial charge in [-0.05, 0) is 43.4 Å². The molecule has 7 heteroatoms. The molecule has 1 atom stereocenters. The second kappa shape index (κ2) is 8.96. The maximum atomic E-state index is 13.0. The van der Waals surface area contributed by atoms with Crippen LogP contribution in [0.15, 0.2) is 52.1 Å². The number of pyridine rings is 1. The second-order valence-electron chi connectivity index (χ2n) is 9.43. The Labute approximate surface area is 192 Å². The summed E-state index contributed by atoms with van der Waals surface area (Å²) in [5.41, 5.74) is 1.53. The molecule has 0 bridgehead atoms. The molecular weight excluding hydrogens is 416 g/mol. The monoisotopic (exact) mass is 446 g/mol. The number of piperidine rings is 1. The number of carbonyl (C=O) groups is 1. The van der Waals surface area contributed by atoms with E-state index in [9.17, 15) is 14.4 Å². The Kier molecular flexibility index (Phi) is 5.87. The lowest BCUT2D eigenvalue weighted by molar-refractivity contribution is -0.136. The van der Waals surface area contributed by atoms with Crippen LogP contribution < -0.4 is 11.2 Å². The Balaban J connectivity index is 1.51. The van der Waals surface area contributed by atoms with Crippen LogP contribution in [0, 0.1) is 5.92 Å². The molecule has 3 aromatic rings. The number of fused-ring (bicyclic) bond motifs is 1. The minimum Gasteiger partial charge on any atom is -0.342 e. The molecule has 1 saturated carbocycles. The van der Waals surface area contributed by atoms with Gasteiger partial charge in [0.25, 0.3) is 5.56 Å². The van der Waals surface area contributed by atoms with Crippen molar-refractivity contribution in [2.75, 3.05) is 13.1 Å². The van der Waals surface area contributed by atoms with Gasteiger partial charge in [0.05, 0.1) is 11.9 Å². The van der Waals surface area contributed by atoms with Gasteiger partial charge in [-0.25, -0.2) is 9.78 Å². The highest BCUT2D eigenvalue weighted by molar-refractivity contribution is 5.79. The summed E-state index contributed by atoms with van der Waals surface area (Å²) in [7, 11) is 1.51. The molecule has 33 heavy (non-hydrogen) atoms. The maximum Gasteiger partial charge on any atom is 0.332 e. The number of aromatic nitrogens is 3. The zero-order valence-electron chi connectivity index (χ0n) is 19.1. The number of hydrogen-bond acceptors (Lipinski definition) is 4. The van der Waals surface area contributed by atoms with Gasteiger partial charge in [0, 0.05) is 37.7 Å². The number of likely N-dealkylation sites (tertiary alicyclic amines) is 1. The average molecular weight is 447 g/mol. The Morgan fingerprint density at radius 1 is 1.00 bits per heavy atom. The van der Waals surface area contributed by atoms with E-state index in [4.69, 9.17) is 4.98 Å². The van der Waals surface area contributed by atoms with Crippen LogP contribution in [0.1, 0.15) is 55.7 Å². The molecule has 1 aliphatic heterocycles. The van der Waals surface area contributed by atoms with Crippen molar-refractivity contribution in [2.45, 2.75) is 51.0 Å². The molecule has 0 unspecified atom stereocenters. The molecule has 5 rings (SSSR count). The van der Waals surface area contributed by atoms with E-state index < -0.39 is 0 Å². The topological polar surface area (TPSA) is 77.2 Å². The van der Waals surface area contributed by atoms with Crippen molar-refractivity contribution >= 4 is 16.9 Å². The van der Waals surface area contributed by atoms with Crippen LogP contribution in [0.25, 0.3) is 11.0 Å². The van der Waals surface area contributed by atoms with E-state index in [0.29, 0.717) is 24.1 Å². The van der Waals surface area contributed by atoms with Crippen LogP contribution in [-0.4, -0.2) is 38.0 Å². The summed E-state index contributed by atoms with van der Waals surface area (Å²) >= 11 is 0. The fourth-order valence-corrected chi connectivity index (χ4v) is 5.36.